The second-order valence-corrected chi connectivity index (χ2v) is 6.55. The molecule has 0 amide bonds. The maximum Gasteiger partial charge on any atom is 0.336 e. The van der Waals surface area contributed by atoms with Crippen LogP contribution in [0.3, 0.4) is 0 Å². The predicted octanol–water partition coefficient (Wildman–Crippen LogP) is 2.07. The van der Waals surface area contributed by atoms with Gasteiger partial charge in [-0.25, -0.2) is 0 Å². The van der Waals surface area contributed by atoms with Crippen LogP contribution in [0.15, 0.2) is 0 Å². The highest BCUT2D eigenvalue weighted by atomic mass is 31.2. The summed E-state index contributed by atoms with van der Waals surface area (Å²) in [4.78, 5) is 11.5. The van der Waals surface area contributed by atoms with Crippen molar-refractivity contribution in [1.29, 1.82) is 0 Å². The molecule has 7 heteroatoms. The molecule has 0 saturated heterocycles. The summed E-state index contributed by atoms with van der Waals surface area (Å²) in [5, 5.41) is -0.0280. The highest BCUT2D eigenvalue weighted by Gasteiger charge is 2.27. The molecule has 0 fully saturated rings. The van der Waals surface area contributed by atoms with Gasteiger partial charge in [0.15, 0.2) is 0 Å². The lowest BCUT2D eigenvalue weighted by molar-refractivity contribution is -0.110. The van der Waals surface area contributed by atoms with Crippen LogP contribution in [0.4, 0.5) is 0 Å². The Labute approximate surface area is 99.5 Å². The predicted molar refractivity (Wildman–Crippen MR) is 67.7 cm³/mol. The summed E-state index contributed by atoms with van der Waals surface area (Å²) in [5.74, 6) is 0. The van der Waals surface area contributed by atoms with Crippen molar-refractivity contribution >= 4 is 27.8 Å². The van der Waals surface area contributed by atoms with E-state index in [9.17, 15) is 9.36 Å². The quantitative estimate of drug-likeness (QED) is 0.484. The van der Waals surface area contributed by atoms with Gasteiger partial charge in [0.1, 0.15) is 7.28 Å². The van der Waals surface area contributed by atoms with Crippen LogP contribution in [0.25, 0.3) is 0 Å². The Kier molecular flexibility index (Phi) is 6.61. The molecule has 0 aliphatic carbocycles. The van der Waals surface area contributed by atoms with E-state index in [1.807, 2.05) is 28.0 Å². The largest absolute Gasteiger partial charge is 0.336 e. The fourth-order valence-corrected chi connectivity index (χ4v) is 1.87. The molecular formula is C9H19B2O4P. The van der Waals surface area contributed by atoms with Gasteiger partial charge in [0.25, 0.3) is 0 Å². The Morgan fingerprint density at radius 2 is 1.81 bits per heavy atom. The van der Waals surface area contributed by atoms with E-state index < -0.39 is 7.60 Å². The third-order valence-electron chi connectivity index (χ3n) is 2.54. The molecule has 2 radical (unpaired) electrons. The van der Waals surface area contributed by atoms with Gasteiger partial charge in [-0.05, 0) is 0 Å². The monoisotopic (exact) mass is 244 g/mol. The Balaban J connectivity index is 4.15. The first-order valence-corrected chi connectivity index (χ1v) is 6.88. The molecular weight excluding hydrogens is 225 g/mol. The number of carbonyl (C=O) groups is 1. The maximum atomic E-state index is 11.7. The van der Waals surface area contributed by atoms with E-state index in [0.717, 1.165) is 0 Å². The first-order valence-electron chi connectivity index (χ1n) is 5.15. The van der Waals surface area contributed by atoms with Crippen molar-refractivity contribution in [2.24, 2.45) is 0 Å². The van der Waals surface area contributed by atoms with Crippen molar-refractivity contribution in [3.63, 3.8) is 0 Å². The lowest BCUT2D eigenvalue weighted by Crippen LogP contribution is -2.21. The van der Waals surface area contributed by atoms with Crippen molar-refractivity contribution in [3.8, 4) is 0 Å². The first kappa shape index (κ1) is 15.9. The van der Waals surface area contributed by atoms with E-state index in [4.69, 9.17) is 9.05 Å². The minimum absolute atomic E-state index is 0.0280. The molecule has 0 N–H and O–H groups in total. The Morgan fingerprint density at radius 3 is 2.19 bits per heavy atom. The van der Waals surface area contributed by atoms with E-state index in [1.165, 1.54) is 14.2 Å². The van der Waals surface area contributed by atoms with Gasteiger partial charge in [-0.1, -0.05) is 32.3 Å². The van der Waals surface area contributed by atoms with Crippen LogP contribution in [0.5, 0.6) is 0 Å². The highest BCUT2D eigenvalue weighted by Crippen LogP contribution is 2.46. The smallest absolute Gasteiger partial charge is 0.312 e. The highest BCUT2D eigenvalue weighted by molar-refractivity contribution is 7.55. The zero-order chi connectivity index (χ0) is 12.8. The van der Waals surface area contributed by atoms with E-state index >= 15 is 0 Å². The van der Waals surface area contributed by atoms with Crippen LogP contribution in [-0.4, -0.2) is 40.6 Å². The summed E-state index contributed by atoms with van der Waals surface area (Å²) in [5.41, 5.74) is -0.207. The molecule has 90 valence electrons. The maximum absolute atomic E-state index is 11.7. The molecule has 0 aliphatic rings. The molecule has 0 heterocycles. The summed E-state index contributed by atoms with van der Waals surface area (Å²) >= 11 is 0. The van der Waals surface area contributed by atoms with Crippen molar-refractivity contribution in [2.45, 2.75) is 32.3 Å². The van der Waals surface area contributed by atoms with Gasteiger partial charge in [0.05, 0.1) is 11.8 Å². The fraction of sp³-hybridized carbons (Fsp3) is 0.889. The van der Waals surface area contributed by atoms with Crippen LogP contribution in [0, 0.1) is 0 Å². The van der Waals surface area contributed by atoms with Gasteiger partial charge >= 0.3 is 7.60 Å². The summed E-state index contributed by atoms with van der Waals surface area (Å²) in [6.45, 7) is 6.01. The summed E-state index contributed by atoms with van der Waals surface area (Å²) in [6.07, 6.45) is 0.426. The minimum Gasteiger partial charge on any atom is -0.312 e. The second kappa shape index (κ2) is 6.63. The molecule has 0 aromatic carbocycles. The summed E-state index contributed by atoms with van der Waals surface area (Å²) in [7, 11) is 2.92. The summed E-state index contributed by atoms with van der Waals surface area (Å²) < 4.78 is 21.1. The molecule has 0 bridgehead atoms. The minimum atomic E-state index is -3.22. The molecule has 0 unspecified atom stereocenters. The van der Waals surface area contributed by atoms with Gasteiger partial charge in [-0.15, -0.1) is 0 Å². The van der Waals surface area contributed by atoms with E-state index in [1.54, 1.807) is 7.28 Å². The van der Waals surface area contributed by atoms with Crippen molar-refractivity contribution in [2.75, 3.05) is 20.4 Å². The Hall–Kier alpha value is -0.0501. The van der Waals surface area contributed by atoms with Crippen molar-refractivity contribution in [1.82, 2.24) is 0 Å². The average Bonchev–Trinajstić information content (AvgIpc) is 2.26. The molecule has 0 aromatic rings. The Bertz CT molecular complexity index is 273. The third kappa shape index (κ3) is 5.88. The molecule has 0 aromatic heterocycles. The normalized spacial score (nSPS) is 12.3. The standard InChI is InChI=1S/C9H19B2O4P/c1-9(2,10-3)7-11-8(12)6-16(13,14-4)15-5/h6-7H2,1-5H3. The molecule has 0 aliphatic heterocycles. The van der Waals surface area contributed by atoms with Gasteiger partial charge in [0.2, 0.25) is 7.28 Å². The molecule has 4 nitrogen and oxygen atoms in total. The summed E-state index contributed by atoms with van der Waals surface area (Å²) in [6, 6.07) is 0. The molecule has 0 atom stereocenters. The first-order chi connectivity index (χ1) is 7.28. The van der Waals surface area contributed by atoms with Gasteiger partial charge in [-0.3, -0.25) is 4.57 Å². The van der Waals surface area contributed by atoms with Crippen LogP contribution in [-0.2, 0) is 18.4 Å². The molecule has 16 heavy (non-hydrogen) atoms. The number of rotatable bonds is 8. The molecule has 0 rings (SSSR count). The molecule has 0 saturated carbocycles. The number of hydrogen-bond acceptors (Lipinski definition) is 4. The van der Waals surface area contributed by atoms with Crippen LogP contribution in [0.2, 0.25) is 18.5 Å². The van der Waals surface area contributed by atoms with Crippen LogP contribution >= 0.6 is 7.60 Å². The third-order valence-corrected chi connectivity index (χ3v) is 4.35. The van der Waals surface area contributed by atoms with Crippen molar-refractivity contribution in [3.05, 3.63) is 0 Å². The topological polar surface area (TPSA) is 52.6 Å². The zero-order valence-electron chi connectivity index (χ0n) is 10.6. The Morgan fingerprint density at radius 1 is 1.31 bits per heavy atom. The van der Waals surface area contributed by atoms with Gasteiger partial charge < -0.3 is 13.8 Å². The van der Waals surface area contributed by atoms with E-state index in [-0.39, 0.29) is 17.2 Å². The number of hydrogen-bond donors (Lipinski definition) is 0. The van der Waals surface area contributed by atoms with E-state index in [0.29, 0.717) is 6.32 Å². The fourth-order valence-electron chi connectivity index (χ4n) is 0.954. The second-order valence-electron chi connectivity index (χ2n) is 4.29. The van der Waals surface area contributed by atoms with Gasteiger partial charge in [-0.2, -0.15) is 0 Å². The van der Waals surface area contributed by atoms with Gasteiger partial charge in [0, 0.05) is 14.2 Å². The van der Waals surface area contributed by atoms with Crippen molar-refractivity contribution < 1.29 is 18.4 Å². The SMILES string of the molecule is C[B]C(C)(C)C[B]C(=O)CP(=O)(OC)OC. The van der Waals surface area contributed by atoms with Crippen LogP contribution < -0.4 is 0 Å². The van der Waals surface area contributed by atoms with Crippen LogP contribution in [0.1, 0.15) is 13.8 Å². The lowest BCUT2D eigenvalue weighted by Gasteiger charge is -2.21. The number of carbonyl (C=O) groups excluding carboxylic acids is 1. The molecule has 0 spiro atoms. The average molecular weight is 244 g/mol. The lowest BCUT2D eigenvalue weighted by atomic mass is 9.46. The zero-order valence-corrected chi connectivity index (χ0v) is 11.5. The van der Waals surface area contributed by atoms with E-state index in [2.05, 4.69) is 0 Å².